The van der Waals surface area contributed by atoms with Crippen molar-refractivity contribution in [3.05, 3.63) is 24.0 Å². The Bertz CT molecular complexity index is 736. The Balaban J connectivity index is 1.36. The zero-order valence-electron chi connectivity index (χ0n) is 17.0. The van der Waals surface area contributed by atoms with Gasteiger partial charge in [-0.1, -0.05) is 0 Å². The van der Waals surface area contributed by atoms with E-state index < -0.39 is 0 Å². The highest BCUT2D eigenvalue weighted by Gasteiger charge is 2.31. The monoisotopic (exact) mass is 402 g/mol. The molecule has 158 valence electrons. The second-order valence-electron chi connectivity index (χ2n) is 8.44. The van der Waals surface area contributed by atoms with Gasteiger partial charge in [0, 0.05) is 45.2 Å². The van der Waals surface area contributed by atoms with E-state index in [4.69, 9.17) is 0 Å². The quantitative estimate of drug-likeness (QED) is 0.839. The van der Waals surface area contributed by atoms with Crippen molar-refractivity contribution in [3.63, 3.8) is 0 Å². The fourth-order valence-electron chi connectivity index (χ4n) is 4.70. The molecule has 0 bridgehead atoms. The van der Waals surface area contributed by atoms with Crippen LogP contribution in [0.5, 0.6) is 0 Å². The molecule has 0 radical (unpaired) electrons. The van der Waals surface area contributed by atoms with Crippen molar-refractivity contribution >= 4 is 23.3 Å². The fourth-order valence-corrected chi connectivity index (χ4v) is 4.70. The third-order valence-electron chi connectivity index (χ3n) is 6.43. The van der Waals surface area contributed by atoms with E-state index in [-0.39, 0.29) is 23.7 Å². The van der Waals surface area contributed by atoms with Gasteiger partial charge >= 0.3 is 6.03 Å². The summed E-state index contributed by atoms with van der Waals surface area (Å²) >= 11 is 0. The number of hydrogen-bond donors (Lipinski definition) is 1. The van der Waals surface area contributed by atoms with Gasteiger partial charge in [-0.05, 0) is 63.1 Å². The standard InChI is InChI=1S/C22H31FN4O2/c23-18-6-7-20(25-10-2-1-3-11-25)19(16-18)24-21(28)17-8-14-27(15-9-17)22(29)26-12-4-5-13-26/h6-7,16-17H,1-5,8-15H2,(H,24,28). The summed E-state index contributed by atoms with van der Waals surface area (Å²) in [6.07, 6.45) is 6.92. The summed E-state index contributed by atoms with van der Waals surface area (Å²) in [4.78, 5) is 31.4. The van der Waals surface area contributed by atoms with Crippen LogP contribution in [0.4, 0.5) is 20.6 Å². The predicted octanol–water partition coefficient (Wildman–Crippen LogP) is 3.68. The van der Waals surface area contributed by atoms with Crippen molar-refractivity contribution in [2.24, 2.45) is 5.92 Å². The maximum absolute atomic E-state index is 13.9. The molecular weight excluding hydrogens is 371 g/mol. The molecule has 29 heavy (non-hydrogen) atoms. The van der Waals surface area contributed by atoms with Crippen LogP contribution >= 0.6 is 0 Å². The van der Waals surface area contributed by atoms with Crippen molar-refractivity contribution in [2.75, 3.05) is 49.5 Å². The number of nitrogens with one attached hydrogen (secondary N) is 1. The Morgan fingerprint density at radius 3 is 2.17 bits per heavy atom. The lowest BCUT2D eigenvalue weighted by Crippen LogP contribution is -2.47. The summed E-state index contributed by atoms with van der Waals surface area (Å²) in [6.45, 7) is 4.78. The number of amides is 3. The Labute approximate surface area is 172 Å². The largest absolute Gasteiger partial charge is 0.370 e. The van der Waals surface area contributed by atoms with Crippen LogP contribution in [0.25, 0.3) is 0 Å². The van der Waals surface area contributed by atoms with Crippen molar-refractivity contribution in [1.29, 1.82) is 0 Å². The van der Waals surface area contributed by atoms with Gasteiger partial charge in [-0.15, -0.1) is 0 Å². The first-order valence-electron chi connectivity index (χ1n) is 11.0. The van der Waals surface area contributed by atoms with Crippen LogP contribution < -0.4 is 10.2 Å². The molecule has 3 amide bonds. The molecular formula is C22H31FN4O2. The Morgan fingerprint density at radius 2 is 1.48 bits per heavy atom. The van der Waals surface area contributed by atoms with E-state index in [2.05, 4.69) is 10.2 Å². The van der Waals surface area contributed by atoms with Crippen molar-refractivity contribution in [3.8, 4) is 0 Å². The summed E-state index contributed by atoms with van der Waals surface area (Å²) in [6, 6.07) is 4.77. The van der Waals surface area contributed by atoms with E-state index in [9.17, 15) is 14.0 Å². The Morgan fingerprint density at radius 1 is 0.862 bits per heavy atom. The number of benzene rings is 1. The van der Waals surface area contributed by atoms with Gasteiger partial charge < -0.3 is 20.0 Å². The van der Waals surface area contributed by atoms with E-state index in [1.54, 1.807) is 6.07 Å². The average molecular weight is 403 g/mol. The first-order chi connectivity index (χ1) is 14.1. The van der Waals surface area contributed by atoms with Crippen LogP contribution in [0, 0.1) is 11.7 Å². The van der Waals surface area contributed by atoms with Gasteiger partial charge in [0.15, 0.2) is 0 Å². The molecule has 0 atom stereocenters. The highest BCUT2D eigenvalue weighted by molar-refractivity contribution is 5.96. The molecule has 1 aromatic carbocycles. The smallest absolute Gasteiger partial charge is 0.319 e. The zero-order valence-corrected chi connectivity index (χ0v) is 17.0. The van der Waals surface area contributed by atoms with E-state index in [0.717, 1.165) is 57.5 Å². The number of likely N-dealkylation sites (tertiary alicyclic amines) is 2. The van der Waals surface area contributed by atoms with Gasteiger partial charge in [0.2, 0.25) is 5.91 Å². The Kier molecular flexibility index (Phi) is 6.21. The maximum Gasteiger partial charge on any atom is 0.319 e. The average Bonchev–Trinajstić information content (AvgIpc) is 3.29. The minimum absolute atomic E-state index is 0.0675. The van der Waals surface area contributed by atoms with E-state index in [1.807, 2.05) is 9.80 Å². The predicted molar refractivity (Wildman–Crippen MR) is 112 cm³/mol. The van der Waals surface area contributed by atoms with Gasteiger partial charge in [0.25, 0.3) is 0 Å². The van der Waals surface area contributed by atoms with E-state index in [0.29, 0.717) is 31.6 Å². The molecule has 0 aliphatic carbocycles. The minimum Gasteiger partial charge on any atom is -0.370 e. The fraction of sp³-hybridized carbons (Fsp3) is 0.636. The molecule has 3 fully saturated rings. The van der Waals surface area contributed by atoms with Gasteiger partial charge in [0.1, 0.15) is 5.82 Å². The lowest BCUT2D eigenvalue weighted by molar-refractivity contribution is -0.121. The number of carbonyl (C=O) groups excluding carboxylic acids is 2. The minimum atomic E-state index is -0.341. The van der Waals surface area contributed by atoms with E-state index >= 15 is 0 Å². The van der Waals surface area contributed by atoms with Crippen LogP contribution in [0.3, 0.4) is 0 Å². The van der Waals surface area contributed by atoms with Gasteiger partial charge in [-0.25, -0.2) is 9.18 Å². The van der Waals surface area contributed by atoms with Crippen LogP contribution in [0.15, 0.2) is 18.2 Å². The van der Waals surface area contributed by atoms with Gasteiger partial charge in [-0.2, -0.15) is 0 Å². The summed E-state index contributed by atoms with van der Waals surface area (Å²) in [7, 11) is 0. The van der Waals surface area contributed by atoms with Crippen molar-refractivity contribution in [2.45, 2.75) is 44.9 Å². The molecule has 1 aromatic rings. The lowest BCUT2D eigenvalue weighted by atomic mass is 9.96. The summed E-state index contributed by atoms with van der Waals surface area (Å²) in [5, 5.41) is 2.98. The third-order valence-corrected chi connectivity index (χ3v) is 6.43. The Hall–Kier alpha value is -2.31. The number of carbonyl (C=O) groups is 2. The molecule has 3 aliphatic rings. The van der Waals surface area contributed by atoms with Crippen LogP contribution in [-0.2, 0) is 4.79 Å². The number of rotatable bonds is 3. The topological polar surface area (TPSA) is 55.9 Å². The summed E-state index contributed by atoms with van der Waals surface area (Å²) in [5.41, 5.74) is 1.47. The number of piperidine rings is 2. The molecule has 7 heteroatoms. The summed E-state index contributed by atoms with van der Waals surface area (Å²) in [5.74, 6) is -0.552. The van der Waals surface area contributed by atoms with Crippen molar-refractivity contribution in [1.82, 2.24) is 9.80 Å². The molecule has 3 heterocycles. The molecule has 0 aromatic heterocycles. The number of halogens is 1. The normalized spacial score (nSPS) is 20.8. The van der Waals surface area contributed by atoms with Crippen LogP contribution in [0.1, 0.15) is 44.9 Å². The van der Waals surface area contributed by atoms with Gasteiger partial charge in [-0.3, -0.25) is 4.79 Å². The zero-order chi connectivity index (χ0) is 20.2. The SMILES string of the molecule is O=C(Nc1cc(F)ccc1N1CCCCC1)C1CCN(C(=O)N2CCCC2)CC1. The van der Waals surface area contributed by atoms with Gasteiger partial charge in [0.05, 0.1) is 11.4 Å². The molecule has 4 rings (SSSR count). The second kappa shape index (κ2) is 9.01. The molecule has 6 nitrogen and oxygen atoms in total. The lowest BCUT2D eigenvalue weighted by Gasteiger charge is -2.34. The number of urea groups is 1. The molecule has 0 saturated carbocycles. The molecule has 0 unspecified atom stereocenters. The van der Waals surface area contributed by atoms with Crippen molar-refractivity contribution < 1.29 is 14.0 Å². The van der Waals surface area contributed by atoms with E-state index in [1.165, 1.54) is 18.6 Å². The number of nitrogens with zero attached hydrogens (tertiary/aromatic N) is 3. The number of hydrogen-bond acceptors (Lipinski definition) is 3. The first kappa shape index (κ1) is 20.0. The molecule has 1 N–H and O–H groups in total. The molecule has 0 spiro atoms. The molecule has 3 aliphatic heterocycles. The summed E-state index contributed by atoms with van der Waals surface area (Å²) < 4.78 is 13.9. The highest BCUT2D eigenvalue weighted by atomic mass is 19.1. The first-order valence-corrected chi connectivity index (χ1v) is 11.0. The highest BCUT2D eigenvalue weighted by Crippen LogP contribution is 2.30. The number of anilines is 2. The maximum atomic E-state index is 13.9. The molecule has 3 saturated heterocycles. The second-order valence-corrected chi connectivity index (χ2v) is 8.44. The van der Waals surface area contributed by atoms with Crippen LogP contribution in [-0.4, -0.2) is 61.0 Å². The third kappa shape index (κ3) is 4.65. The van der Waals surface area contributed by atoms with Crippen LogP contribution in [0.2, 0.25) is 0 Å².